The van der Waals surface area contributed by atoms with Crippen molar-refractivity contribution in [1.29, 1.82) is 0 Å². The number of likely N-dealkylation sites (tertiary alicyclic amines) is 1. The Morgan fingerprint density at radius 2 is 1.86 bits per heavy atom. The Hall–Kier alpha value is -1.20. The van der Waals surface area contributed by atoms with E-state index in [2.05, 4.69) is 0 Å². The van der Waals surface area contributed by atoms with Crippen LogP contribution in [-0.4, -0.2) is 58.8 Å². The molecule has 0 saturated carbocycles. The maximum absolute atomic E-state index is 12.7. The number of rotatable bonds is 2. The van der Waals surface area contributed by atoms with Crippen molar-refractivity contribution in [2.75, 3.05) is 31.1 Å². The van der Waals surface area contributed by atoms with Gasteiger partial charge in [-0.3, -0.25) is 9.59 Å². The van der Waals surface area contributed by atoms with Crippen molar-refractivity contribution in [1.82, 2.24) is 9.80 Å². The van der Waals surface area contributed by atoms with Gasteiger partial charge in [0.1, 0.15) is 6.04 Å². The Bertz CT molecular complexity index is 575. The molecule has 1 atom stereocenters. The van der Waals surface area contributed by atoms with E-state index < -0.39 is 0 Å². The summed E-state index contributed by atoms with van der Waals surface area (Å²) in [5, 5.41) is 0.444. The molecule has 1 unspecified atom stereocenters. The molecule has 6 heteroatoms. The maximum atomic E-state index is 12.7. The van der Waals surface area contributed by atoms with E-state index in [0.29, 0.717) is 17.1 Å². The fourth-order valence-electron chi connectivity index (χ4n) is 3.05. The van der Waals surface area contributed by atoms with Gasteiger partial charge >= 0.3 is 0 Å². The zero-order valence-corrected chi connectivity index (χ0v) is 13.9. The van der Waals surface area contributed by atoms with Gasteiger partial charge in [-0.1, -0.05) is 23.7 Å². The third-order valence-electron chi connectivity index (χ3n) is 4.23. The number of carbonyl (C=O) groups excluding carboxylic acids is 2. The van der Waals surface area contributed by atoms with E-state index in [1.54, 1.807) is 29.2 Å². The average molecular weight is 339 g/mol. The first-order valence-electron chi connectivity index (χ1n) is 7.60. The predicted octanol–water partition coefficient (Wildman–Crippen LogP) is 2.52. The molecule has 2 aliphatic rings. The first kappa shape index (κ1) is 15.7. The summed E-state index contributed by atoms with van der Waals surface area (Å²) in [5.74, 6) is 1.93. The highest BCUT2D eigenvalue weighted by Gasteiger charge is 2.37. The lowest BCUT2D eigenvalue weighted by atomic mass is 10.1. The third-order valence-corrected chi connectivity index (χ3v) is 5.50. The van der Waals surface area contributed by atoms with E-state index in [1.165, 1.54) is 0 Å². The summed E-state index contributed by atoms with van der Waals surface area (Å²) in [6, 6.07) is 6.71. The lowest BCUT2D eigenvalue weighted by Gasteiger charge is -2.32. The molecular formula is C16H19ClN2O2S. The molecule has 0 N–H and O–H groups in total. The molecule has 118 valence electrons. The zero-order valence-electron chi connectivity index (χ0n) is 12.3. The maximum Gasteiger partial charge on any atom is 0.256 e. The predicted molar refractivity (Wildman–Crippen MR) is 89.4 cm³/mol. The van der Waals surface area contributed by atoms with Gasteiger partial charge in [0.05, 0.1) is 10.6 Å². The van der Waals surface area contributed by atoms with Crippen LogP contribution in [0.1, 0.15) is 23.2 Å². The first-order valence-corrected chi connectivity index (χ1v) is 9.14. The van der Waals surface area contributed by atoms with Crippen LogP contribution in [0.3, 0.4) is 0 Å². The minimum Gasteiger partial charge on any atom is -0.339 e. The van der Waals surface area contributed by atoms with Crippen molar-refractivity contribution in [2.24, 2.45) is 0 Å². The van der Waals surface area contributed by atoms with Gasteiger partial charge in [-0.15, -0.1) is 0 Å². The topological polar surface area (TPSA) is 40.6 Å². The van der Waals surface area contributed by atoms with Gasteiger partial charge in [-0.05, 0) is 25.0 Å². The molecule has 2 fully saturated rings. The monoisotopic (exact) mass is 338 g/mol. The second-order valence-corrected chi connectivity index (χ2v) is 7.21. The molecule has 0 aromatic heterocycles. The number of carbonyl (C=O) groups is 2. The summed E-state index contributed by atoms with van der Waals surface area (Å²) in [7, 11) is 0. The molecule has 0 spiro atoms. The third kappa shape index (κ3) is 3.10. The molecule has 0 bridgehead atoms. The molecule has 2 saturated heterocycles. The Morgan fingerprint density at radius 1 is 1.14 bits per heavy atom. The molecule has 1 aromatic carbocycles. The molecule has 22 heavy (non-hydrogen) atoms. The smallest absolute Gasteiger partial charge is 0.256 e. The standard InChI is InChI=1S/C16H19ClN2O2S/c17-13-5-2-1-4-12(13)15(20)19-7-3-6-14(19)16(21)18-8-10-22-11-9-18/h1-2,4-5,14H,3,6-11H2. The van der Waals surface area contributed by atoms with Crippen molar-refractivity contribution in [2.45, 2.75) is 18.9 Å². The summed E-state index contributed by atoms with van der Waals surface area (Å²) in [4.78, 5) is 29.1. The summed E-state index contributed by atoms with van der Waals surface area (Å²) in [6.07, 6.45) is 1.62. The Morgan fingerprint density at radius 3 is 2.59 bits per heavy atom. The van der Waals surface area contributed by atoms with Crippen molar-refractivity contribution in [3.05, 3.63) is 34.9 Å². The number of nitrogens with zero attached hydrogens (tertiary/aromatic N) is 2. The van der Waals surface area contributed by atoms with Crippen LogP contribution in [0.4, 0.5) is 0 Å². The largest absolute Gasteiger partial charge is 0.339 e. The fourth-order valence-corrected chi connectivity index (χ4v) is 4.17. The van der Waals surface area contributed by atoms with Crippen molar-refractivity contribution in [3.63, 3.8) is 0 Å². The highest BCUT2D eigenvalue weighted by Crippen LogP contribution is 2.25. The Labute approximate surface area is 139 Å². The lowest BCUT2D eigenvalue weighted by Crippen LogP contribution is -2.50. The van der Waals surface area contributed by atoms with E-state index in [-0.39, 0.29) is 17.9 Å². The van der Waals surface area contributed by atoms with E-state index in [9.17, 15) is 9.59 Å². The first-order chi connectivity index (χ1) is 10.7. The molecule has 2 aliphatic heterocycles. The van der Waals surface area contributed by atoms with Crippen LogP contribution in [-0.2, 0) is 4.79 Å². The van der Waals surface area contributed by atoms with Crippen LogP contribution in [0.5, 0.6) is 0 Å². The molecular weight excluding hydrogens is 320 g/mol. The second kappa shape index (κ2) is 6.92. The second-order valence-electron chi connectivity index (χ2n) is 5.57. The van der Waals surface area contributed by atoms with Gasteiger partial charge in [0.15, 0.2) is 0 Å². The highest BCUT2D eigenvalue weighted by atomic mass is 35.5. The summed E-state index contributed by atoms with van der Waals surface area (Å²) in [5.41, 5.74) is 0.484. The van der Waals surface area contributed by atoms with Crippen LogP contribution in [0.25, 0.3) is 0 Å². The van der Waals surface area contributed by atoms with Gasteiger partial charge in [0.2, 0.25) is 5.91 Å². The van der Waals surface area contributed by atoms with Crippen molar-refractivity contribution in [3.8, 4) is 0 Å². The van der Waals surface area contributed by atoms with Crippen molar-refractivity contribution < 1.29 is 9.59 Å². The van der Waals surface area contributed by atoms with E-state index >= 15 is 0 Å². The molecule has 3 rings (SSSR count). The summed E-state index contributed by atoms with van der Waals surface area (Å²) < 4.78 is 0. The minimum atomic E-state index is -0.327. The van der Waals surface area contributed by atoms with E-state index in [0.717, 1.165) is 37.4 Å². The highest BCUT2D eigenvalue weighted by molar-refractivity contribution is 7.99. The van der Waals surface area contributed by atoms with Crippen LogP contribution in [0, 0.1) is 0 Å². The minimum absolute atomic E-state index is 0.0956. The summed E-state index contributed by atoms with van der Waals surface area (Å²) in [6.45, 7) is 2.20. The van der Waals surface area contributed by atoms with Gasteiger partial charge in [0.25, 0.3) is 5.91 Å². The van der Waals surface area contributed by atoms with Gasteiger partial charge < -0.3 is 9.80 Å². The molecule has 0 aliphatic carbocycles. The van der Waals surface area contributed by atoms with Crippen LogP contribution in [0.15, 0.2) is 24.3 Å². The molecule has 4 nitrogen and oxygen atoms in total. The molecule has 2 heterocycles. The summed E-state index contributed by atoms with van der Waals surface area (Å²) >= 11 is 8.00. The van der Waals surface area contributed by atoms with Crippen LogP contribution in [0.2, 0.25) is 5.02 Å². The van der Waals surface area contributed by atoms with Crippen LogP contribution < -0.4 is 0 Å². The van der Waals surface area contributed by atoms with E-state index in [1.807, 2.05) is 16.7 Å². The zero-order chi connectivity index (χ0) is 15.5. The molecule has 0 radical (unpaired) electrons. The Balaban J connectivity index is 1.76. The van der Waals surface area contributed by atoms with Gasteiger partial charge in [0, 0.05) is 31.1 Å². The van der Waals surface area contributed by atoms with Gasteiger partial charge in [-0.25, -0.2) is 0 Å². The molecule has 1 aromatic rings. The quantitative estimate of drug-likeness (QED) is 0.832. The van der Waals surface area contributed by atoms with Crippen LogP contribution >= 0.6 is 23.4 Å². The number of amides is 2. The molecule has 2 amide bonds. The Kier molecular flexibility index (Phi) is 4.93. The van der Waals surface area contributed by atoms with Gasteiger partial charge in [-0.2, -0.15) is 11.8 Å². The number of hydrogen-bond donors (Lipinski definition) is 0. The average Bonchev–Trinajstić information content (AvgIpc) is 3.04. The van der Waals surface area contributed by atoms with E-state index in [4.69, 9.17) is 11.6 Å². The number of halogens is 1. The fraction of sp³-hybridized carbons (Fsp3) is 0.500. The number of benzene rings is 1. The number of hydrogen-bond acceptors (Lipinski definition) is 3. The van der Waals surface area contributed by atoms with Crippen molar-refractivity contribution >= 4 is 35.2 Å². The number of thioether (sulfide) groups is 1. The SMILES string of the molecule is O=C(C1CCCN1C(=O)c1ccccc1Cl)N1CCSCC1. The normalized spacial score (nSPS) is 22.0. The lowest BCUT2D eigenvalue weighted by molar-refractivity contribution is -0.134.